The van der Waals surface area contributed by atoms with E-state index in [1.54, 1.807) is 0 Å². The van der Waals surface area contributed by atoms with Gasteiger partial charge >= 0.3 is 6.03 Å². The number of hydrogen-bond donors (Lipinski definition) is 1. The van der Waals surface area contributed by atoms with Gasteiger partial charge in [-0.15, -0.1) is 0 Å². The molecule has 0 atom stereocenters. The van der Waals surface area contributed by atoms with Crippen molar-refractivity contribution >= 4 is 11.7 Å². The first kappa shape index (κ1) is 17.1. The zero-order chi connectivity index (χ0) is 17.1. The third-order valence-electron chi connectivity index (χ3n) is 5.45. The Labute approximate surface area is 146 Å². The number of benzene rings is 1. The van der Waals surface area contributed by atoms with Crippen molar-refractivity contribution < 1.29 is 4.79 Å². The number of rotatable bonds is 2. The second-order valence-corrected chi connectivity index (χ2v) is 7.51. The quantitative estimate of drug-likeness (QED) is 0.896. The highest BCUT2D eigenvalue weighted by atomic mass is 16.2. The Morgan fingerprint density at radius 2 is 1.54 bits per heavy atom. The third kappa shape index (κ3) is 3.85. The summed E-state index contributed by atoms with van der Waals surface area (Å²) in [6.07, 6.45) is 6.12. The zero-order valence-electron chi connectivity index (χ0n) is 15.4. The van der Waals surface area contributed by atoms with E-state index >= 15 is 0 Å². The molecule has 132 valence electrons. The fourth-order valence-corrected chi connectivity index (χ4v) is 4.32. The molecule has 4 nitrogen and oxygen atoms in total. The van der Waals surface area contributed by atoms with Crippen LogP contribution in [0, 0.1) is 20.8 Å². The number of urea groups is 1. The molecule has 0 spiro atoms. The van der Waals surface area contributed by atoms with E-state index in [9.17, 15) is 4.79 Å². The van der Waals surface area contributed by atoms with Crippen LogP contribution in [-0.2, 0) is 0 Å². The molecule has 0 bridgehead atoms. The van der Waals surface area contributed by atoms with E-state index in [4.69, 9.17) is 0 Å². The summed E-state index contributed by atoms with van der Waals surface area (Å²) in [7, 11) is 0. The summed E-state index contributed by atoms with van der Waals surface area (Å²) in [4.78, 5) is 16.9. The van der Waals surface area contributed by atoms with Crippen molar-refractivity contribution in [2.75, 3.05) is 31.1 Å². The maximum atomic E-state index is 12.5. The van der Waals surface area contributed by atoms with E-state index in [1.165, 1.54) is 41.6 Å². The van der Waals surface area contributed by atoms with Gasteiger partial charge in [0.05, 0.1) is 0 Å². The van der Waals surface area contributed by atoms with Crippen molar-refractivity contribution in [3.63, 3.8) is 0 Å². The molecule has 1 aliphatic carbocycles. The number of nitrogens with one attached hydrogen (secondary N) is 1. The summed E-state index contributed by atoms with van der Waals surface area (Å²) in [6, 6.07) is 5.04. The number of hydrogen-bond acceptors (Lipinski definition) is 2. The standard InChI is InChI=1S/C20H31N3O/c1-15-13-16(2)19(17(3)14-15)22-9-11-23(12-10-22)20(24)21-18-7-5-4-6-8-18/h13-14,18H,4-12H2,1-3H3,(H,21,24). The number of piperazine rings is 1. The van der Waals surface area contributed by atoms with Gasteiger partial charge in [-0.1, -0.05) is 37.0 Å². The molecule has 0 aromatic heterocycles. The van der Waals surface area contributed by atoms with E-state index in [0.717, 1.165) is 39.0 Å². The number of carbonyl (C=O) groups is 1. The second kappa shape index (κ2) is 7.45. The average Bonchev–Trinajstić information content (AvgIpc) is 2.55. The molecule has 0 radical (unpaired) electrons. The molecule has 4 heteroatoms. The lowest BCUT2D eigenvalue weighted by molar-refractivity contribution is 0.186. The minimum absolute atomic E-state index is 0.138. The summed E-state index contributed by atoms with van der Waals surface area (Å²) in [6.45, 7) is 9.99. The Hall–Kier alpha value is -1.71. The van der Waals surface area contributed by atoms with Crippen LogP contribution in [0.4, 0.5) is 10.5 Å². The Morgan fingerprint density at radius 1 is 0.958 bits per heavy atom. The molecule has 1 saturated heterocycles. The molecule has 1 aliphatic heterocycles. The summed E-state index contributed by atoms with van der Waals surface area (Å²) in [5.74, 6) is 0. The van der Waals surface area contributed by atoms with Crippen molar-refractivity contribution in [1.82, 2.24) is 10.2 Å². The van der Waals surface area contributed by atoms with Gasteiger partial charge in [-0.05, 0) is 44.7 Å². The maximum Gasteiger partial charge on any atom is 0.317 e. The van der Waals surface area contributed by atoms with Crippen molar-refractivity contribution in [1.29, 1.82) is 0 Å². The molecule has 2 aliphatic rings. The largest absolute Gasteiger partial charge is 0.368 e. The summed E-state index contributed by atoms with van der Waals surface area (Å²) in [5.41, 5.74) is 5.35. The average molecular weight is 329 g/mol. The van der Waals surface area contributed by atoms with Crippen LogP contribution in [0.2, 0.25) is 0 Å². The van der Waals surface area contributed by atoms with Crippen LogP contribution in [0.5, 0.6) is 0 Å². The molecule has 1 saturated carbocycles. The second-order valence-electron chi connectivity index (χ2n) is 7.51. The topological polar surface area (TPSA) is 35.6 Å². The van der Waals surface area contributed by atoms with E-state index in [0.29, 0.717) is 6.04 Å². The van der Waals surface area contributed by atoms with Gasteiger partial charge in [0.15, 0.2) is 0 Å². The SMILES string of the molecule is Cc1cc(C)c(N2CCN(C(=O)NC3CCCCC3)CC2)c(C)c1. The highest BCUT2D eigenvalue weighted by Crippen LogP contribution is 2.27. The van der Waals surface area contributed by atoms with Gasteiger partial charge < -0.3 is 15.1 Å². The maximum absolute atomic E-state index is 12.5. The molecule has 1 aromatic carbocycles. The minimum Gasteiger partial charge on any atom is -0.368 e. The minimum atomic E-state index is 0.138. The lowest BCUT2D eigenvalue weighted by Crippen LogP contribution is -2.54. The number of amides is 2. The van der Waals surface area contributed by atoms with Crippen LogP contribution in [0.25, 0.3) is 0 Å². The Bertz CT molecular complexity index is 562. The summed E-state index contributed by atoms with van der Waals surface area (Å²) >= 11 is 0. The smallest absolute Gasteiger partial charge is 0.317 e. The Kier molecular flexibility index (Phi) is 5.32. The fraction of sp³-hybridized carbons (Fsp3) is 0.650. The van der Waals surface area contributed by atoms with Gasteiger partial charge in [0.2, 0.25) is 0 Å². The number of carbonyl (C=O) groups excluding carboxylic acids is 1. The van der Waals surface area contributed by atoms with Crippen LogP contribution >= 0.6 is 0 Å². The van der Waals surface area contributed by atoms with Gasteiger partial charge in [0, 0.05) is 37.9 Å². The molecule has 0 unspecified atom stereocenters. The van der Waals surface area contributed by atoms with Crippen LogP contribution in [0.3, 0.4) is 0 Å². The van der Waals surface area contributed by atoms with E-state index in [1.807, 2.05) is 4.90 Å². The monoisotopic (exact) mass is 329 g/mol. The zero-order valence-corrected chi connectivity index (χ0v) is 15.4. The Morgan fingerprint density at radius 3 is 2.12 bits per heavy atom. The number of aryl methyl sites for hydroxylation is 3. The molecule has 2 amide bonds. The first-order valence-electron chi connectivity index (χ1n) is 9.43. The van der Waals surface area contributed by atoms with E-state index < -0.39 is 0 Å². The molecular formula is C20H31N3O. The number of anilines is 1. The van der Waals surface area contributed by atoms with Crippen molar-refractivity contribution in [3.05, 3.63) is 28.8 Å². The summed E-state index contributed by atoms with van der Waals surface area (Å²) in [5, 5.41) is 3.24. The highest BCUT2D eigenvalue weighted by Gasteiger charge is 2.25. The van der Waals surface area contributed by atoms with Crippen molar-refractivity contribution in [2.45, 2.75) is 58.9 Å². The first-order chi connectivity index (χ1) is 11.5. The van der Waals surface area contributed by atoms with Crippen LogP contribution in [0.15, 0.2) is 12.1 Å². The predicted molar refractivity (Wildman–Crippen MR) is 99.8 cm³/mol. The third-order valence-corrected chi connectivity index (χ3v) is 5.45. The molecule has 24 heavy (non-hydrogen) atoms. The first-order valence-corrected chi connectivity index (χ1v) is 9.43. The Balaban J connectivity index is 1.56. The summed E-state index contributed by atoms with van der Waals surface area (Å²) < 4.78 is 0. The molecule has 1 aromatic rings. The van der Waals surface area contributed by atoms with Crippen molar-refractivity contribution in [3.8, 4) is 0 Å². The van der Waals surface area contributed by atoms with Crippen LogP contribution < -0.4 is 10.2 Å². The van der Waals surface area contributed by atoms with Gasteiger partial charge in [0.1, 0.15) is 0 Å². The van der Waals surface area contributed by atoms with Crippen LogP contribution in [-0.4, -0.2) is 43.2 Å². The van der Waals surface area contributed by atoms with E-state index in [2.05, 4.69) is 43.1 Å². The molecule has 1 N–H and O–H groups in total. The van der Waals surface area contributed by atoms with Gasteiger partial charge in [-0.25, -0.2) is 4.79 Å². The lowest BCUT2D eigenvalue weighted by Gasteiger charge is -2.38. The fourth-order valence-electron chi connectivity index (χ4n) is 4.32. The van der Waals surface area contributed by atoms with Gasteiger partial charge in [-0.3, -0.25) is 0 Å². The lowest BCUT2D eigenvalue weighted by atomic mass is 9.96. The predicted octanol–water partition coefficient (Wildman–Crippen LogP) is 3.78. The van der Waals surface area contributed by atoms with Gasteiger partial charge in [0.25, 0.3) is 0 Å². The number of nitrogens with zero attached hydrogens (tertiary/aromatic N) is 2. The van der Waals surface area contributed by atoms with Crippen LogP contribution in [0.1, 0.15) is 48.8 Å². The molecular weight excluding hydrogens is 298 g/mol. The van der Waals surface area contributed by atoms with E-state index in [-0.39, 0.29) is 6.03 Å². The van der Waals surface area contributed by atoms with Gasteiger partial charge in [-0.2, -0.15) is 0 Å². The highest BCUT2D eigenvalue weighted by molar-refractivity contribution is 5.75. The molecule has 1 heterocycles. The molecule has 2 fully saturated rings. The molecule has 3 rings (SSSR count). The van der Waals surface area contributed by atoms with Crippen molar-refractivity contribution in [2.24, 2.45) is 0 Å². The normalized spacial score (nSPS) is 19.5.